The van der Waals surface area contributed by atoms with E-state index in [1.807, 2.05) is 12.3 Å². The van der Waals surface area contributed by atoms with E-state index >= 15 is 0 Å². The van der Waals surface area contributed by atoms with Gasteiger partial charge in [0, 0.05) is 17.6 Å². The molecule has 0 saturated carbocycles. The highest BCUT2D eigenvalue weighted by atomic mass is 32.2. The summed E-state index contributed by atoms with van der Waals surface area (Å²) in [6, 6.07) is 0. The zero-order chi connectivity index (χ0) is 11.3. The summed E-state index contributed by atoms with van der Waals surface area (Å²) in [4.78, 5) is 15.7. The minimum absolute atomic E-state index is 0.0848. The number of rotatable bonds is 5. The summed E-state index contributed by atoms with van der Waals surface area (Å²) in [6.07, 6.45) is 0. The number of amides is 1. The van der Waals surface area contributed by atoms with E-state index in [0.29, 0.717) is 11.7 Å². The van der Waals surface area contributed by atoms with Gasteiger partial charge in [-0.2, -0.15) is 0 Å². The molecular weight excluding hydrogens is 228 g/mol. The lowest BCUT2D eigenvalue weighted by molar-refractivity contribution is -0.118. The fourth-order valence-electron chi connectivity index (χ4n) is 0.895. The highest BCUT2D eigenvalue weighted by Crippen LogP contribution is 2.21. The highest BCUT2D eigenvalue weighted by molar-refractivity contribution is 8.01. The van der Waals surface area contributed by atoms with Crippen LogP contribution in [0.1, 0.15) is 19.5 Å². The number of thioether (sulfide) groups is 1. The Hall–Kier alpha value is -0.550. The molecule has 1 N–H and O–H groups in total. The Bertz CT molecular complexity index is 323. The van der Waals surface area contributed by atoms with Gasteiger partial charge in [0.05, 0.1) is 5.75 Å². The maximum absolute atomic E-state index is 11.4. The second kappa shape index (κ2) is 6.12. The third-order valence-corrected chi connectivity index (χ3v) is 3.77. The van der Waals surface area contributed by atoms with Crippen LogP contribution in [-0.4, -0.2) is 23.2 Å². The molecule has 0 aromatic carbocycles. The lowest BCUT2D eigenvalue weighted by Gasteiger charge is -2.06. The molecule has 0 spiro atoms. The van der Waals surface area contributed by atoms with Gasteiger partial charge in [-0.1, -0.05) is 25.6 Å². The molecule has 1 heterocycles. The van der Waals surface area contributed by atoms with E-state index in [9.17, 15) is 4.79 Å². The van der Waals surface area contributed by atoms with Crippen LogP contribution < -0.4 is 5.32 Å². The first-order valence-electron chi connectivity index (χ1n) is 4.89. The van der Waals surface area contributed by atoms with Crippen LogP contribution in [0.5, 0.6) is 0 Å². The van der Waals surface area contributed by atoms with Crippen molar-refractivity contribution in [3.8, 4) is 0 Å². The van der Waals surface area contributed by atoms with Crippen molar-refractivity contribution in [2.45, 2.75) is 25.1 Å². The summed E-state index contributed by atoms with van der Waals surface area (Å²) in [5.41, 5.74) is 1.02. The molecular formula is C10H16N2OS2. The molecule has 0 saturated heterocycles. The Balaban J connectivity index is 2.22. The number of carbonyl (C=O) groups is 1. The minimum Gasteiger partial charge on any atom is -0.355 e. The van der Waals surface area contributed by atoms with Crippen molar-refractivity contribution in [3.05, 3.63) is 11.1 Å². The highest BCUT2D eigenvalue weighted by Gasteiger charge is 2.05. The van der Waals surface area contributed by atoms with Crippen LogP contribution in [0.25, 0.3) is 0 Å². The zero-order valence-electron chi connectivity index (χ0n) is 9.24. The summed E-state index contributed by atoms with van der Waals surface area (Å²) in [7, 11) is 0. The molecule has 0 atom stereocenters. The number of thiazole rings is 1. The summed E-state index contributed by atoms with van der Waals surface area (Å²) < 4.78 is 0.965. The molecule has 1 amide bonds. The first-order valence-corrected chi connectivity index (χ1v) is 6.76. The fraction of sp³-hybridized carbons (Fsp3) is 0.600. The van der Waals surface area contributed by atoms with Crippen molar-refractivity contribution < 1.29 is 4.79 Å². The van der Waals surface area contributed by atoms with E-state index in [0.717, 1.165) is 16.6 Å². The standard InChI is InChI=1S/C10H16N2OS2/c1-7(2)4-11-9(13)6-15-10-12-8(3)5-14-10/h5,7H,4,6H2,1-3H3,(H,11,13). The molecule has 0 radical (unpaired) electrons. The normalized spacial score (nSPS) is 10.7. The van der Waals surface area contributed by atoms with Crippen molar-refractivity contribution in [1.82, 2.24) is 10.3 Å². The molecule has 84 valence electrons. The third-order valence-electron chi connectivity index (χ3n) is 1.63. The number of hydrogen-bond acceptors (Lipinski definition) is 4. The summed E-state index contributed by atoms with van der Waals surface area (Å²) in [5.74, 6) is 1.04. The van der Waals surface area contributed by atoms with Gasteiger partial charge in [0.1, 0.15) is 0 Å². The fourth-order valence-corrected chi connectivity index (χ4v) is 2.57. The van der Waals surface area contributed by atoms with Gasteiger partial charge in [-0.15, -0.1) is 11.3 Å². The van der Waals surface area contributed by atoms with Gasteiger partial charge in [-0.25, -0.2) is 4.98 Å². The van der Waals surface area contributed by atoms with Crippen LogP contribution in [0, 0.1) is 12.8 Å². The SMILES string of the molecule is Cc1csc(SCC(=O)NCC(C)C)n1. The Kier molecular flexibility index (Phi) is 5.11. The van der Waals surface area contributed by atoms with Crippen LogP contribution in [0.15, 0.2) is 9.72 Å². The van der Waals surface area contributed by atoms with Crippen LogP contribution >= 0.6 is 23.1 Å². The van der Waals surface area contributed by atoms with E-state index < -0.39 is 0 Å². The van der Waals surface area contributed by atoms with Crippen molar-refractivity contribution in [2.75, 3.05) is 12.3 Å². The van der Waals surface area contributed by atoms with E-state index in [4.69, 9.17) is 0 Å². The number of aryl methyl sites for hydroxylation is 1. The van der Waals surface area contributed by atoms with Crippen LogP contribution in [-0.2, 0) is 4.79 Å². The van der Waals surface area contributed by atoms with Gasteiger partial charge >= 0.3 is 0 Å². The lowest BCUT2D eigenvalue weighted by Crippen LogP contribution is -2.28. The Labute approximate surface area is 98.7 Å². The predicted octanol–water partition coefficient (Wildman–Crippen LogP) is 2.32. The number of nitrogens with one attached hydrogen (secondary N) is 1. The average molecular weight is 244 g/mol. The lowest BCUT2D eigenvalue weighted by atomic mass is 10.2. The maximum Gasteiger partial charge on any atom is 0.230 e. The molecule has 15 heavy (non-hydrogen) atoms. The predicted molar refractivity (Wildman–Crippen MR) is 65.4 cm³/mol. The molecule has 0 aliphatic heterocycles. The molecule has 1 aromatic rings. The molecule has 0 aliphatic carbocycles. The molecule has 3 nitrogen and oxygen atoms in total. The van der Waals surface area contributed by atoms with Crippen LogP contribution in [0.3, 0.4) is 0 Å². The van der Waals surface area contributed by atoms with E-state index in [-0.39, 0.29) is 5.91 Å². The molecule has 1 rings (SSSR count). The Morgan fingerprint density at radius 3 is 2.93 bits per heavy atom. The summed E-state index contributed by atoms with van der Waals surface area (Å²) in [6.45, 7) is 6.87. The zero-order valence-corrected chi connectivity index (χ0v) is 10.9. The van der Waals surface area contributed by atoms with E-state index in [2.05, 4.69) is 24.1 Å². The van der Waals surface area contributed by atoms with Gasteiger partial charge < -0.3 is 5.32 Å². The number of aromatic nitrogens is 1. The number of hydrogen-bond donors (Lipinski definition) is 1. The largest absolute Gasteiger partial charge is 0.355 e. The number of carbonyl (C=O) groups excluding carboxylic acids is 1. The van der Waals surface area contributed by atoms with Crippen molar-refractivity contribution in [1.29, 1.82) is 0 Å². The number of nitrogens with zero attached hydrogens (tertiary/aromatic N) is 1. The van der Waals surface area contributed by atoms with Gasteiger partial charge in [-0.3, -0.25) is 4.79 Å². The summed E-state index contributed by atoms with van der Waals surface area (Å²) in [5, 5.41) is 4.87. The topological polar surface area (TPSA) is 42.0 Å². The molecule has 5 heteroatoms. The second-order valence-corrected chi connectivity index (χ2v) is 5.82. The summed E-state index contributed by atoms with van der Waals surface area (Å²) >= 11 is 3.08. The smallest absolute Gasteiger partial charge is 0.230 e. The molecule has 0 aliphatic rings. The van der Waals surface area contributed by atoms with Crippen LogP contribution in [0.4, 0.5) is 0 Å². The second-order valence-electron chi connectivity index (χ2n) is 3.74. The van der Waals surface area contributed by atoms with Gasteiger partial charge in [0.2, 0.25) is 5.91 Å². The van der Waals surface area contributed by atoms with Crippen molar-refractivity contribution in [2.24, 2.45) is 5.92 Å². The van der Waals surface area contributed by atoms with Crippen LogP contribution in [0.2, 0.25) is 0 Å². The van der Waals surface area contributed by atoms with Gasteiger partial charge in [0.25, 0.3) is 0 Å². The molecule has 0 unspecified atom stereocenters. The van der Waals surface area contributed by atoms with Crippen molar-refractivity contribution in [3.63, 3.8) is 0 Å². The van der Waals surface area contributed by atoms with Gasteiger partial charge in [-0.05, 0) is 12.8 Å². The minimum atomic E-state index is 0.0848. The van der Waals surface area contributed by atoms with E-state index in [1.165, 1.54) is 11.8 Å². The first-order chi connectivity index (χ1) is 7.08. The Morgan fingerprint density at radius 2 is 2.40 bits per heavy atom. The maximum atomic E-state index is 11.4. The molecule has 0 bridgehead atoms. The third kappa shape index (κ3) is 5.18. The average Bonchev–Trinajstić information content (AvgIpc) is 2.58. The van der Waals surface area contributed by atoms with Gasteiger partial charge in [0.15, 0.2) is 4.34 Å². The van der Waals surface area contributed by atoms with E-state index in [1.54, 1.807) is 11.3 Å². The Morgan fingerprint density at radius 1 is 1.67 bits per heavy atom. The molecule has 0 fully saturated rings. The quantitative estimate of drug-likeness (QED) is 0.808. The molecule has 1 aromatic heterocycles. The van der Waals surface area contributed by atoms with Crippen molar-refractivity contribution >= 4 is 29.0 Å². The first kappa shape index (κ1) is 12.5. The monoisotopic (exact) mass is 244 g/mol.